The summed E-state index contributed by atoms with van der Waals surface area (Å²) in [5.74, 6) is 1.20. The van der Waals surface area contributed by atoms with Gasteiger partial charge >= 0.3 is 0 Å². The second-order valence-electron chi connectivity index (χ2n) is 14.3. The number of aryl methyl sites for hydroxylation is 3. The molecule has 2 amide bonds. The normalized spacial score (nSPS) is 28.7. The lowest BCUT2D eigenvalue weighted by Gasteiger charge is -2.46. The van der Waals surface area contributed by atoms with Crippen molar-refractivity contribution in [3.8, 4) is 5.75 Å². The second-order valence-corrected chi connectivity index (χ2v) is 16.8. The number of anilines is 1. The summed E-state index contributed by atoms with van der Waals surface area (Å²) in [6, 6.07) is 11.6. The van der Waals surface area contributed by atoms with E-state index in [1.807, 2.05) is 36.0 Å². The van der Waals surface area contributed by atoms with Crippen LogP contribution in [0, 0.1) is 11.8 Å². The van der Waals surface area contributed by atoms with Crippen LogP contribution in [0.25, 0.3) is 0 Å². The molecule has 10 nitrogen and oxygen atoms in total. The van der Waals surface area contributed by atoms with Crippen LogP contribution in [0.3, 0.4) is 0 Å². The molecule has 50 heavy (non-hydrogen) atoms. The molecule has 2 aromatic carbocycles. The number of halogens is 1. The fourth-order valence-corrected chi connectivity index (χ4v) is 10.0. The Kier molecular flexibility index (Phi) is 10.1. The molecule has 0 radical (unpaired) electrons. The zero-order chi connectivity index (χ0) is 34.9. The molecule has 1 saturated carbocycles. The summed E-state index contributed by atoms with van der Waals surface area (Å²) >= 11 is 6.45. The van der Waals surface area contributed by atoms with Gasteiger partial charge in [-0.3, -0.25) is 14.3 Å². The molecule has 2 bridgehead atoms. The maximum absolute atomic E-state index is 14.3. The first kappa shape index (κ1) is 34.8. The first-order chi connectivity index (χ1) is 24.1. The minimum Gasteiger partial charge on any atom is -0.490 e. The number of benzene rings is 2. The number of nitrogens with zero attached hydrogens (tertiary/aromatic N) is 4. The van der Waals surface area contributed by atoms with Crippen molar-refractivity contribution in [3.63, 3.8) is 0 Å². The number of hydrogen-bond acceptors (Lipinski definition) is 7. The molecule has 2 aliphatic carbocycles. The second kappa shape index (κ2) is 14.5. The van der Waals surface area contributed by atoms with E-state index >= 15 is 0 Å². The number of amides is 2. The summed E-state index contributed by atoms with van der Waals surface area (Å²) in [4.78, 5) is 33.6. The number of rotatable bonds is 5. The Bertz CT molecular complexity index is 1920. The van der Waals surface area contributed by atoms with Gasteiger partial charge in [0, 0.05) is 68.5 Å². The maximum atomic E-state index is 14.3. The van der Waals surface area contributed by atoms with Crippen LogP contribution in [0.4, 0.5) is 5.69 Å². The molecular weight excluding hydrogens is 674 g/mol. The fraction of sp³-hybridized carbons (Fsp3) is 0.500. The molecule has 266 valence electrons. The van der Waals surface area contributed by atoms with Gasteiger partial charge in [-0.25, -0.2) is 9.19 Å². The number of nitrogens with one attached hydrogen (secondary N) is 1. The Morgan fingerprint density at radius 1 is 1.20 bits per heavy atom. The van der Waals surface area contributed by atoms with Crippen molar-refractivity contribution in [1.82, 2.24) is 14.3 Å². The number of carbonyl (C=O) groups is 2. The largest absolute Gasteiger partial charge is 0.490 e. The van der Waals surface area contributed by atoms with Crippen LogP contribution in [0.15, 0.2) is 65.3 Å². The summed E-state index contributed by atoms with van der Waals surface area (Å²) < 4.78 is 35.6. The average Bonchev–Trinajstić information content (AvgIpc) is 3.43. The van der Waals surface area contributed by atoms with Crippen molar-refractivity contribution in [2.24, 2.45) is 23.2 Å². The zero-order valence-corrected chi connectivity index (χ0v) is 30.4. The van der Waals surface area contributed by atoms with Gasteiger partial charge in [0.05, 0.1) is 24.2 Å². The van der Waals surface area contributed by atoms with Crippen LogP contribution in [0.2, 0.25) is 5.02 Å². The monoisotopic (exact) mass is 719 g/mol. The maximum Gasteiger partial charge on any atom is 0.286 e. The third kappa shape index (κ3) is 7.22. The highest BCUT2D eigenvalue weighted by atomic mass is 35.5. The highest BCUT2D eigenvalue weighted by Crippen LogP contribution is 2.47. The van der Waals surface area contributed by atoms with E-state index in [2.05, 4.69) is 43.3 Å². The lowest BCUT2D eigenvalue weighted by molar-refractivity contribution is -0.119. The molecule has 12 heteroatoms. The van der Waals surface area contributed by atoms with Crippen molar-refractivity contribution < 1.29 is 23.3 Å². The standard InChI is InChI=1S/C38H46ClN5O5S/c1-43-19-18-40-35(43)15-16-36(45)41-50(47)20-5-3-4-8-33(48-2)30-12-9-28(30)23-44-24-38(17-6-7-26-21-29(39)11-13-31(26)38)25-49-34-14-10-27(22-32(34)44)37(46)42-50/h4,8,10-11,13-14,18-19,21-22,28,30,33H,3,5-7,9,12,15-17,20,23-25H2,1-2H3,(H,41,42,45,46,47)/b8-4+/t28-,30+,33-,38-,50?/m0/s1. The third-order valence-electron chi connectivity index (χ3n) is 11.0. The summed E-state index contributed by atoms with van der Waals surface area (Å²) in [6.07, 6.45) is 14.4. The number of fused-ring (bicyclic) bond motifs is 4. The van der Waals surface area contributed by atoms with Gasteiger partial charge in [0.15, 0.2) is 0 Å². The smallest absolute Gasteiger partial charge is 0.286 e. The summed E-state index contributed by atoms with van der Waals surface area (Å²) in [5.41, 5.74) is 3.44. The molecular formula is C38H46ClN5O5S. The Hall–Kier alpha value is -3.67. The molecule has 1 aromatic heterocycles. The quantitative estimate of drug-likeness (QED) is 0.312. The van der Waals surface area contributed by atoms with E-state index in [1.54, 1.807) is 19.4 Å². The molecule has 3 heterocycles. The van der Waals surface area contributed by atoms with Crippen molar-refractivity contribution >= 4 is 39.0 Å². The number of allylic oxidation sites excluding steroid dienone is 1. The Morgan fingerprint density at radius 2 is 2.08 bits per heavy atom. The van der Waals surface area contributed by atoms with Crippen LogP contribution < -0.4 is 14.4 Å². The van der Waals surface area contributed by atoms with E-state index in [1.165, 1.54) is 11.1 Å². The lowest BCUT2D eigenvalue weighted by Crippen LogP contribution is -2.49. The fourth-order valence-electron chi connectivity index (χ4n) is 8.21. The van der Waals surface area contributed by atoms with Gasteiger partial charge in [-0.05, 0) is 98.2 Å². The molecule has 1 N–H and O–H groups in total. The van der Waals surface area contributed by atoms with E-state index in [4.69, 9.17) is 21.1 Å². The Labute approximate surface area is 299 Å². The molecule has 1 spiro atoms. The molecule has 2 aliphatic heterocycles. The van der Waals surface area contributed by atoms with Gasteiger partial charge in [0.25, 0.3) is 5.91 Å². The topological polar surface area (TPSA) is 115 Å². The van der Waals surface area contributed by atoms with Crippen LogP contribution >= 0.6 is 11.6 Å². The predicted molar refractivity (Wildman–Crippen MR) is 195 cm³/mol. The summed E-state index contributed by atoms with van der Waals surface area (Å²) in [7, 11) is 0.209. The molecule has 0 saturated heterocycles. The number of carbonyl (C=O) groups excluding carboxylic acids is 2. The van der Waals surface area contributed by atoms with E-state index < -0.39 is 21.7 Å². The van der Waals surface area contributed by atoms with Crippen LogP contribution in [-0.2, 0) is 44.8 Å². The van der Waals surface area contributed by atoms with Gasteiger partial charge in [0.1, 0.15) is 21.5 Å². The first-order valence-corrected chi connectivity index (χ1v) is 19.8. The van der Waals surface area contributed by atoms with Gasteiger partial charge in [-0.1, -0.05) is 29.8 Å². The molecule has 1 unspecified atom stereocenters. The molecule has 7 rings (SSSR count). The SMILES string of the molecule is CO[C@H]1/C=C/CCCS(=O)(NC(=O)CCc2nccn2C)=NC(=O)c2ccc3c(c2)N(C[C@@H]2CC[C@H]21)C[C@@]1(CCCc2cc(Cl)ccc21)CO3. The van der Waals surface area contributed by atoms with Gasteiger partial charge < -0.3 is 18.9 Å². The number of imidazole rings is 1. The first-order valence-electron chi connectivity index (χ1n) is 17.7. The summed E-state index contributed by atoms with van der Waals surface area (Å²) in [6.45, 7) is 2.03. The van der Waals surface area contributed by atoms with E-state index in [9.17, 15) is 13.8 Å². The third-order valence-corrected chi connectivity index (χ3v) is 13.1. The van der Waals surface area contributed by atoms with E-state index in [0.29, 0.717) is 49.0 Å². The average molecular weight is 720 g/mol. The number of ether oxygens (including phenoxy) is 2. The lowest BCUT2D eigenvalue weighted by atomic mass is 9.68. The van der Waals surface area contributed by atoms with Crippen LogP contribution in [-0.4, -0.2) is 64.2 Å². The number of aromatic nitrogens is 2. The van der Waals surface area contributed by atoms with Gasteiger partial charge in [-0.2, -0.15) is 0 Å². The highest BCUT2D eigenvalue weighted by Gasteiger charge is 2.44. The summed E-state index contributed by atoms with van der Waals surface area (Å²) in [5, 5.41) is 0.743. The molecule has 3 aromatic rings. The van der Waals surface area contributed by atoms with Crippen molar-refractivity contribution in [2.45, 2.75) is 69.3 Å². The molecule has 4 aliphatic rings. The number of hydrogen-bond donors (Lipinski definition) is 1. The molecule has 5 atom stereocenters. The number of methoxy groups -OCH3 is 1. The van der Waals surface area contributed by atoms with Crippen molar-refractivity contribution in [3.05, 3.63) is 88.5 Å². The van der Waals surface area contributed by atoms with Gasteiger partial charge in [0.2, 0.25) is 5.91 Å². The van der Waals surface area contributed by atoms with E-state index in [0.717, 1.165) is 61.7 Å². The predicted octanol–water partition coefficient (Wildman–Crippen LogP) is 6.21. The Morgan fingerprint density at radius 3 is 2.86 bits per heavy atom. The molecule has 1 fully saturated rings. The highest BCUT2D eigenvalue weighted by molar-refractivity contribution is 7.92. The van der Waals surface area contributed by atoms with Crippen LogP contribution in [0.1, 0.15) is 72.3 Å². The van der Waals surface area contributed by atoms with Crippen molar-refractivity contribution in [1.29, 1.82) is 0 Å². The van der Waals surface area contributed by atoms with Crippen LogP contribution in [0.5, 0.6) is 5.75 Å². The van der Waals surface area contributed by atoms with E-state index in [-0.39, 0.29) is 23.7 Å². The zero-order valence-electron chi connectivity index (χ0n) is 28.8. The minimum atomic E-state index is -3.42. The minimum absolute atomic E-state index is 0.0383. The Balaban J connectivity index is 1.24. The van der Waals surface area contributed by atoms with Crippen molar-refractivity contribution in [2.75, 3.05) is 37.5 Å². The van der Waals surface area contributed by atoms with Gasteiger partial charge in [-0.15, -0.1) is 4.36 Å².